The van der Waals surface area contributed by atoms with Crippen LogP contribution in [0.1, 0.15) is 18.5 Å². The van der Waals surface area contributed by atoms with Crippen molar-refractivity contribution in [2.45, 2.75) is 13.0 Å². The highest BCUT2D eigenvalue weighted by Gasteiger charge is 2.21. The summed E-state index contributed by atoms with van der Waals surface area (Å²) in [4.78, 5) is 26.1. The van der Waals surface area contributed by atoms with Gasteiger partial charge in [0.2, 0.25) is 5.95 Å². The first-order valence-corrected chi connectivity index (χ1v) is 11.6. The van der Waals surface area contributed by atoms with Crippen molar-refractivity contribution >= 4 is 46.5 Å². The average molecular weight is 487 g/mol. The second-order valence-electron chi connectivity index (χ2n) is 8.20. The van der Waals surface area contributed by atoms with E-state index >= 15 is 0 Å². The molecule has 0 saturated carbocycles. The number of benzene rings is 3. The van der Waals surface area contributed by atoms with E-state index in [1.165, 1.54) is 4.90 Å². The van der Waals surface area contributed by atoms with E-state index in [4.69, 9.17) is 11.6 Å². The summed E-state index contributed by atoms with van der Waals surface area (Å²) in [6, 6.07) is 26.0. The second kappa shape index (κ2) is 10.9. The number of carbonyl (C=O) groups excluding carboxylic acids is 1. The number of nitrogens with zero attached hydrogens (tertiary/aromatic N) is 4. The minimum Gasteiger partial charge on any atom is -0.378 e. The van der Waals surface area contributed by atoms with Crippen molar-refractivity contribution in [3.63, 3.8) is 0 Å². The molecule has 8 heteroatoms. The lowest BCUT2D eigenvalue weighted by Gasteiger charge is -2.24. The van der Waals surface area contributed by atoms with Gasteiger partial charge >= 0.3 is 6.03 Å². The summed E-state index contributed by atoms with van der Waals surface area (Å²) in [7, 11) is 3.91. The Kier molecular flexibility index (Phi) is 7.48. The molecule has 2 amide bonds. The highest BCUT2D eigenvalue weighted by Crippen LogP contribution is 2.29. The lowest BCUT2D eigenvalue weighted by molar-refractivity contribution is 0.259. The number of halogens is 1. The van der Waals surface area contributed by atoms with Gasteiger partial charge in [-0.1, -0.05) is 48.0 Å². The predicted molar refractivity (Wildman–Crippen MR) is 144 cm³/mol. The van der Waals surface area contributed by atoms with Crippen LogP contribution in [-0.4, -0.2) is 30.1 Å². The number of urea groups is 1. The Bertz CT molecular complexity index is 1280. The first kappa shape index (κ1) is 24.0. The van der Waals surface area contributed by atoms with Gasteiger partial charge in [0, 0.05) is 42.8 Å². The SMILES string of the molecule is C[C@H](Nc1nccc(N(C(=O)Nc2ccc(Cl)cc2)c2cccc(N(C)C)c2)n1)c1ccccc1. The molecule has 0 saturated heterocycles. The Morgan fingerprint density at radius 3 is 2.34 bits per heavy atom. The van der Waals surface area contributed by atoms with Gasteiger partial charge in [0.25, 0.3) is 0 Å². The van der Waals surface area contributed by atoms with E-state index in [-0.39, 0.29) is 12.1 Å². The average Bonchev–Trinajstić information content (AvgIpc) is 2.86. The number of aromatic nitrogens is 2. The Balaban J connectivity index is 1.68. The van der Waals surface area contributed by atoms with Crippen molar-refractivity contribution in [1.82, 2.24) is 9.97 Å². The molecule has 0 spiro atoms. The van der Waals surface area contributed by atoms with Crippen LogP contribution in [0.15, 0.2) is 91.1 Å². The molecular weight excluding hydrogens is 460 g/mol. The molecule has 178 valence electrons. The molecule has 0 aliphatic carbocycles. The molecule has 0 radical (unpaired) electrons. The summed E-state index contributed by atoms with van der Waals surface area (Å²) >= 11 is 6.00. The normalized spacial score (nSPS) is 11.4. The number of anilines is 5. The lowest BCUT2D eigenvalue weighted by atomic mass is 10.1. The van der Waals surface area contributed by atoms with Crippen LogP contribution in [0.3, 0.4) is 0 Å². The summed E-state index contributed by atoms with van der Waals surface area (Å²) in [6.07, 6.45) is 1.64. The zero-order valence-corrected chi connectivity index (χ0v) is 20.6. The molecule has 4 rings (SSSR count). The van der Waals surface area contributed by atoms with Gasteiger partial charge < -0.3 is 15.5 Å². The fourth-order valence-corrected chi connectivity index (χ4v) is 3.66. The number of hydrogen-bond acceptors (Lipinski definition) is 5. The monoisotopic (exact) mass is 486 g/mol. The van der Waals surface area contributed by atoms with Gasteiger partial charge in [0.15, 0.2) is 0 Å². The molecule has 7 nitrogen and oxygen atoms in total. The molecule has 0 fully saturated rings. The third-order valence-corrected chi connectivity index (χ3v) is 5.67. The van der Waals surface area contributed by atoms with Crippen LogP contribution < -0.4 is 20.4 Å². The number of rotatable bonds is 7. The van der Waals surface area contributed by atoms with Gasteiger partial charge in [0.1, 0.15) is 5.82 Å². The van der Waals surface area contributed by atoms with E-state index in [9.17, 15) is 4.79 Å². The molecule has 0 aliphatic rings. The molecule has 1 aromatic heterocycles. The molecule has 3 aromatic carbocycles. The number of carbonyl (C=O) groups is 1. The molecule has 0 aliphatic heterocycles. The van der Waals surface area contributed by atoms with Crippen molar-refractivity contribution in [2.75, 3.05) is 34.5 Å². The molecule has 4 aromatic rings. The quantitative estimate of drug-likeness (QED) is 0.302. The van der Waals surface area contributed by atoms with E-state index < -0.39 is 0 Å². The smallest absolute Gasteiger partial charge is 0.332 e. The second-order valence-corrected chi connectivity index (χ2v) is 8.64. The van der Waals surface area contributed by atoms with Crippen LogP contribution in [0.2, 0.25) is 5.02 Å². The third-order valence-electron chi connectivity index (χ3n) is 5.42. The van der Waals surface area contributed by atoms with E-state index in [2.05, 4.69) is 20.6 Å². The summed E-state index contributed by atoms with van der Waals surface area (Å²) < 4.78 is 0. The summed E-state index contributed by atoms with van der Waals surface area (Å²) in [5.41, 5.74) is 3.36. The fourth-order valence-electron chi connectivity index (χ4n) is 3.54. The van der Waals surface area contributed by atoms with Crippen LogP contribution in [0, 0.1) is 0 Å². The van der Waals surface area contributed by atoms with Gasteiger partial charge in [-0.25, -0.2) is 14.7 Å². The zero-order chi connectivity index (χ0) is 24.8. The minimum atomic E-state index is -0.357. The van der Waals surface area contributed by atoms with Crippen LogP contribution in [-0.2, 0) is 0 Å². The molecule has 1 atom stereocenters. The maximum Gasteiger partial charge on any atom is 0.332 e. The van der Waals surface area contributed by atoms with E-state index in [1.54, 1.807) is 36.5 Å². The highest BCUT2D eigenvalue weighted by molar-refractivity contribution is 6.30. The van der Waals surface area contributed by atoms with E-state index in [0.29, 0.717) is 28.2 Å². The van der Waals surface area contributed by atoms with Crippen molar-refractivity contribution in [3.05, 3.63) is 102 Å². The number of amides is 2. The zero-order valence-electron chi connectivity index (χ0n) is 19.8. The molecule has 2 N–H and O–H groups in total. The lowest BCUT2D eigenvalue weighted by Crippen LogP contribution is -2.32. The fraction of sp³-hybridized carbons (Fsp3) is 0.148. The first-order chi connectivity index (χ1) is 16.9. The maximum absolute atomic E-state index is 13.5. The Morgan fingerprint density at radius 1 is 0.914 bits per heavy atom. The Labute approximate surface area is 210 Å². The third kappa shape index (κ3) is 6.07. The van der Waals surface area contributed by atoms with E-state index in [1.807, 2.05) is 80.5 Å². The largest absolute Gasteiger partial charge is 0.378 e. The molecule has 0 bridgehead atoms. The van der Waals surface area contributed by atoms with Crippen LogP contribution in [0.25, 0.3) is 0 Å². The van der Waals surface area contributed by atoms with Crippen LogP contribution in [0.5, 0.6) is 0 Å². The molecule has 1 heterocycles. The van der Waals surface area contributed by atoms with Crippen LogP contribution >= 0.6 is 11.6 Å². The van der Waals surface area contributed by atoms with E-state index in [0.717, 1.165) is 11.3 Å². The number of nitrogens with one attached hydrogen (secondary N) is 2. The van der Waals surface area contributed by atoms with Crippen molar-refractivity contribution in [2.24, 2.45) is 0 Å². The topological polar surface area (TPSA) is 73.4 Å². The van der Waals surface area contributed by atoms with Gasteiger partial charge in [-0.2, -0.15) is 4.98 Å². The molecule has 0 unspecified atom stereocenters. The summed E-state index contributed by atoms with van der Waals surface area (Å²) in [6.45, 7) is 2.04. The molecule has 35 heavy (non-hydrogen) atoms. The first-order valence-electron chi connectivity index (χ1n) is 11.2. The predicted octanol–water partition coefficient (Wildman–Crippen LogP) is 6.74. The minimum absolute atomic E-state index is 0.0140. The van der Waals surface area contributed by atoms with Crippen molar-refractivity contribution in [3.8, 4) is 0 Å². The van der Waals surface area contributed by atoms with Crippen molar-refractivity contribution < 1.29 is 4.79 Å². The van der Waals surface area contributed by atoms with Gasteiger partial charge in [0.05, 0.1) is 11.7 Å². The highest BCUT2D eigenvalue weighted by atomic mass is 35.5. The summed E-state index contributed by atoms with van der Waals surface area (Å²) in [5.74, 6) is 0.858. The van der Waals surface area contributed by atoms with Gasteiger partial charge in [-0.05, 0) is 55.0 Å². The Hall–Kier alpha value is -4.10. The van der Waals surface area contributed by atoms with Gasteiger partial charge in [-0.3, -0.25) is 0 Å². The Morgan fingerprint density at radius 2 is 1.63 bits per heavy atom. The standard InChI is InChI=1S/C27H27ClN6O/c1-19(20-8-5-4-6-9-20)30-26-29-17-16-25(32-26)34(24-11-7-10-23(18-24)33(2)3)27(35)31-22-14-12-21(28)13-15-22/h4-19H,1-3H3,(H,31,35)(H,29,30,32)/t19-/m0/s1. The summed E-state index contributed by atoms with van der Waals surface area (Å²) in [5, 5.41) is 6.86. The maximum atomic E-state index is 13.5. The van der Waals surface area contributed by atoms with Gasteiger partial charge in [-0.15, -0.1) is 0 Å². The van der Waals surface area contributed by atoms with Crippen LogP contribution in [0.4, 0.5) is 33.6 Å². The number of hydrogen-bond donors (Lipinski definition) is 2. The molecular formula is C27H27ClN6O. The van der Waals surface area contributed by atoms with Crippen molar-refractivity contribution in [1.29, 1.82) is 0 Å².